The highest BCUT2D eigenvalue weighted by atomic mass is 32.2. The number of rotatable bonds is 5. The van der Waals surface area contributed by atoms with Gasteiger partial charge in [0, 0.05) is 37.6 Å². The molecule has 2 heterocycles. The van der Waals surface area contributed by atoms with E-state index in [0.717, 1.165) is 18.4 Å². The lowest BCUT2D eigenvalue weighted by atomic mass is 10.0. The number of benzene rings is 1. The van der Waals surface area contributed by atoms with E-state index in [1.54, 1.807) is 30.7 Å². The molecule has 1 amide bonds. The molecule has 1 aliphatic rings. The first-order valence-corrected chi connectivity index (χ1v) is 9.64. The van der Waals surface area contributed by atoms with Gasteiger partial charge in [-0.1, -0.05) is 0 Å². The first-order chi connectivity index (χ1) is 11.4. The maximum atomic E-state index is 12.3. The van der Waals surface area contributed by atoms with Crippen molar-refractivity contribution >= 4 is 21.6 Å². The van der Waals surface area contributed by atoms with Crippen LogP contribution < -0.4 is 9.62 Å². The van der Waals surface area contributed by atoms with Gasteiger partial charge in [-0.3, -0.25) is 9.10 Å². The summed E-state index contributed by atoms with van der Waals surface area (Å²) in [6.07, 6.45) is 7.97. The Morgan fingerprint density at radius 3 is 2.92 bits per heavy atom. The van der Waals surface area contributed by atoms with E-state index >= 15 is 0 Å². The quantitative estimate of drug-likeness (QED) is 0.874. The van der Waals surface area contributed by atoms with E-state index in [1.165, 1.54) is 10.6 Å². The van der Waals surface area contributed by atoms with Gasteiger partial charge < -0.3 is 9.88 Å². The normalized spacial score (nSPS) is 14.3. The standard InChI is InChI=1S/C16H20N4O3S/c1-24(22,23)20-8-2-3-13-11-14(4-5-15(13)20)16(21)18-7-10-19-9-6-17-12-19/h4-6,9,11-12H,2-3,7-8,10H2,1H3,(H,18,21). The number of carbonyl (C=O) groups excluding carboxylic acids is 1. The molecule has 24 heavy (non-hydrogen) atoms. The van der Waals surface area contributed by atoms with Crippen LogP contribution >= 0.6 is 0 Å². The Morgan fingerprint density at radius 2 is 2.21 bits per heavy atom. The summed E-state index contributed by atoms with van der Waals surface area (Å²) in [5.74, 6) is -0.158. The van der Waals surface area contributed by atoms with Gasteiger partial charge in [0.2, 0.25) is 10.0 Å². The number of carbonyl (C=O) groups is 1. The minimum Gasteiger partial charge on any atom is -0.350 e. The topological polar surface area (TPSA) is 84.3 Å². The molecule has 0 atom stereocenters. The van der Waals surface area contributed by atoms with Crippen molar-refractivity contribution in [2.75, 3.05) is 23.7 Å². The van der Waals surface area contributed by atoms with Gasteiger partial charge in [0.15, 0.2) is 0 Å². The molecule has 0 bridgehead atoms. The van der Waals surface area contributed by atoms with Gasteiger partial charge in [0.25, 0.3) is 5.91 Å². The van der Waals surface area contributed by atoms with E-state index in [2.05, 4.69) is 10.3 Å². The van der Waals surface area contributed by atoms with Crippen LogP contribution in [0, 0.1) is 0 Å². The third kappa shape index (κ3) is 3.59. The molecule has 7 nitrogen and oxygen atoms in total. The molecular weight excluding hydrogens is 328 g/mol. The van der Waals surface area contributed by atoms with Crippen LogP contribution in [-0.4, -0.2) is 43.2 Å². The van der Waals surface area contributed by atoms with Crippen molar-refractivity contribution in [2.45, 2.75) is 19.4 Å². The number of nitrogens with zero attached hydrogens (tertiary/aromatic N) is 3. The summed E-state index contributed by atoms with van der Waals surface area (Å²) in [5, 5.41) is 2.87. The smallest absolute Gasteiger partial charge is 0.251 e. The summed E-state index contributed by atoms with van der Waals surface area (Å²) in [6.45, 7) is 1.64. The maximum absolute atomic E-state index is 12.3. The van der Waals surface area contributed by atoms with E-state index in [0.29, 0.717) is 30.9 Å². The minimum atomic E-state index is -3.29. The molecule has 0 saturated heterocycles. The second kappa shape index (κ2) is 6.64. The summed E-state index contributed by atoms with van der Waals surface area (Å²) in [4.78, 5) is 16.2. The number of imidazole rings is 1. The van der Waals surface area contributed by atoms with Gasteiger partial charge in [0.1, 0.15) is 0 Å². The largest absolute Gasteiger partial charge is 0.350 e. The number of hydrogen-bond acceptors (Lipinski definition) is 4. The molecule has 0 spiro atoms. The summed E-state index contributed by atoms with van der Waals surface area (Å²) >= 11 is 0. The summed E-state index contributed by atoms with van der Waals surface area (Å²) in [6, 6.07) is 5.19. The van der Waals surface area contributed by atoms with Gasteiger partial charge in [0.05, 0.1) is 18.3 Å². The first-order valence-electron chi connectivity index (χ1n) is 7.80. The summed E-state index contributed by atoms with van der Waals surface area (Å²) in [7, 11) is -3.29. The lowest BCUT2D eigenvalue weighted by Crippen LogP contribution is -2.35. The summed E-state index contributed by atoms with van der Waals surface area (Å²) < 4.78 is 27.0. The zero-order chi connectivity index (χ0) is 17.2. The molecule has 1 aliphatic heterocycles. The molecule has 0 aliphatic carbocycles. The monoisotopic (exact) mass is 348 g/mol. The number of nitrogens with one attached hydrogen (secondary N) is 1. The number of hydrogen-bond donors (Lipinski definition) is 1. The fourth-order valence-corrected chi connectivity index (χ4v) is 3.86. The van der Waals surface area contributed by atoms with Crippen molar-refractivity contribution in [3.8, 4) is 0 Å². The second-order valence-corrected chi connectivity index (χ2v) is 7.75. The third-order valence-electron chi connectivity index (χ3n) is 4.03. The van der Waals surface area contributed by atoms with Crippen molar-refractivity contribution in [2.24, 2.45) is 0 Å². The van der Waals surface area contributed by atoms with Crippen molar-refractivity contribution in [3.63, 3.8) is 0 Å². The van der Waals surface area contributed by atoms with Gasteiger partial charge in [-0.05, 0) is 36.6 Å². The highest BCUT2D eigenvalue weighted by Gasteiger charge is 2.24. The van der Waals surface area contributed by atoms with Crippen LogP contribution in [0.4, 0.5) is 5.69 Å². The lowest BCUT2D eigenvalue weighted by molar-refractivity contribution is 0.0952. The van der Waals surface area contributed by atoms with Crippen LogP contribution in [0.3, 0.4) is 0 Å². The van der Waals surface area contributed by atoms with E-state index in [1.807, 2.05) is 10.8 Å². The highest BCUT2D eigenvalue weighted by molar-refractivity contribution is 7.92. The van der Waals surface area contributed by atoms with Gasteiger partial charge in [-0.15, -0.1) is 0 Å². The number of amides is 1. The fourth-order valence-electron chi connectivity index (χ4n) is 2.87. The molecule has 3 rings (SSSR count). The van der Waals surface area contributed by atoms with Crippen LogP contribution in [0.25, 0.3) is 0 Å². The molecule has 8 heteroatoms. The molecule has 128 valence electrons. The van der Waals surface area contributed by atoms with Crippen molar-refractivity contribution in [1.82, 2.24) is 14.9 Å². The fraction of sp³-hybridized carbons (Fsp3) is 0.375. The maximum Gasteiger partial charge on any atom is 0.251 e. The van der Waals surface area contributed by atoms with Crippen LogP contribution in [-0.2, 0) is 23.0 Å². The number of aromatic nitrogens is 2. The Balaban J connectivity index is 1.70. The molecule has 0 saturated carbocycles. The van der Waals surface area contributed by atoms with Crippen LogP contribution in [0.1, 0.15) is 22.3 Å². The van der Waals surface area contributed by atoms with E-state index in [-0.39, 0.29) is 5.91 Å². The number of fused-ring (bicyclic) bond motifs is 1. The molecule has 2 aromatic rings. The Morgan fingerprint density at radius 1 is 1.38 bits per heavy atom. The van der Waals surface area contributed by atoms with Gasteiger partial charge >= 0.3 is 0 Å². The van der Waals surface area contributed by atoms with Crippen LogP contribution in [0.15, 0.2) is 36.9 Å². The van der Waals surface area contributed by atoms with Crippen LogP contribution in [0.2, 0.25) is 0 Å². The average molecular weight is 348 g/mol. The second-order valence-electron chi connectivity index (χ2n) is 5.84. The van der Waals surface area contributed by atoms with Crippen molar-refractivity contribution in [3.05, 3.63) is 48.0 Å². The van der Waals surface area contributed by atoms with Crippen LogP contribution in [0.5, 0.6) is 0 Å². The molecule has 1 N–H and O–H groups in total. The first kappa shape index (κ1) is 16.5. The van der Waals surface area contributed by atoms with Crippen molar-refractivity contribution in [1.29, 1.82) is 0 Å². The molecule has 1 aromatic carbocycles. The Kier molecular flexibility index (Phi) is 4.57. The molecule has 0 radical (unpaired) electrons. The predicted molar refractivity (Wildman–Crippen MR) is 91.5 cm³/mol. The Bertz CT molecular complexity index is 831. The average Bonchev–Trinajstić information content (AvgIpc) is 3.06. The lowest BCUT2D eigenvalue weighted by Gasteiger charge is -2.29. The number of aryl methyl sites for hydroxylation is 1. The third-order valence-corrected chi connectivity index (χ3v) is 5.21. The molecule has 1 aromatic heterocycles. The molecule has 0 fully saturated rings. The number of sulfonamides is 1. The van der Waals surface area contributed by atoms with E-state index in [9.17, 15) is 13.2 Å². The Labute approximate surface area is 141 Å². The molecular formula is C16H20N4O3S. The zero-order valence-electron chi connectivity index (χ0n) is 13.5. The van der Waals surface area contributed by atoms with E-state index < -0.39 is 10.0 Å². The number of anilines is 1. The highest BCUT2D eigenvalue weighted by Crippen LogP contribution is 2.29. The SMILES string of the molecule is CS(=O)(=O)N1CCCc2cc(C(=O)NCCn3ccnc3)ccc21. The van der Waals surface area contributed by atoms with Gasteiger partial charge in [-0.2, -0.15) is 0 Å². The Hall–Kier alpha value is -2.35. The predicted octanol–water partition coefficient (Wildman–Crippen LogP) is 1.03. The minimum absolute atomic E-state index is 0.158. The van der Waals surface area contributed by atoms with Gasteiger partial charge in [-0.25, -0.2) is 13.4 Å². The zero-order valence-corrected chi connectivity index (χ0v) is 14.3. The van der Waals surface area contributed by atoms with Crippen molar-refractivity contribution < 1.29 is 13.2 Å². The van der Waals surface area contributed by atoms with E-state index in [4.69, 9.17) is 0 Å². The summed E-state index contributed by atoms with van der Waals surface area (Å²) in [5.41, 5.74) is 2.13. The molecule has 0 unspecified atom stereocenters.